The van der Waals surface area contributed by atoms with Crippen LogP contribution in [0.1, 0.15) is 22.4 Å². The van der Waals surface area contributed by atoms with Gasteiger partial charge in [0.1, 0.15) is 0 Å². The molecule has 0 spiro atoms. The fraction of sp³-hybridized carbons (Fsp3) is 0.211. The molecule has 6 heteroatoms. The standard InChI is InChI=1S/C19H16N4O2/c20-10-13-3-1-4-14(9-13)11-23-7-6-15-16(12-23)21-18(22-19(15)24)17-5-2-8-25-17/h1-5,8-9H,6-7,11-12H2,(H,21,22,24). The van der Waals surface area contributed by atoms with Gasteiger partial charge in [-0.3, -0.25) is 9.69 Å². The van der Waals surface area contributed by atoms with Gasteiger partial charge in [-0.15, -0.1) is 0 Å². The van der Waals surface area contributed by atoms with Gasteiger partial charge in [0.15, 0.2) is 11.6 Å². The van der Waals surface area contributed by atoms with Crippen molar-refractivity contribution in [2.75, 3.05) is 6.54 Å². The minimum atomic E-state index is -0.0949. The van der Waals surface area contributed by atoms with Gasteiger partial charge in [-0.25, -0.2) is 4.98 Å². The Hall–Kier alpha value is -3.17. The molecular weight excluding hydrogens is 316 g/mol. The lowest BCUT2D eigenvalue weighted by atomic mass is 10.0. The molecule has 2 aromatic heterocycles. The van der Waals surface area contributed by atoms with Crippen molar-refractivity contribution < 1.29 is 4.42 Å². The summed E-state index contributed by atoms with van der Waals surface area (Å²) in [6.07, 6.45) is 2.22. The molecule has 1 N–H and O–H groups in total. The van der Waals surface area contributed by atoms with Crippen LogP contribution >= 0.6 is 0 Å². The van der Waals surface area contributed by atoms with E-state index in [1.807, 2.05) is 18.2 Å². The van der Waals surface area contributed by atoms with Gasteiger partial charge in [-0.05, 0) is 36.2 Å². The third kappa shape index (κ3) is 3.10. The number of hydrogen-bond acceptors (Lipinski definition) is 5. The summed E-state index contributed by atoms with van der Waals surface area (Å²) in [6, 6.07) is 13.3. The maximum Gasteiger partial charge on any atom is 0.254 e. The van der Waals surface area contributed by atoms with Crippen molar-refractivity contribution in [3.8, 4) is 17.7 Å². The number of fused-ring (bicyclic) bond motifs is 1. The first-order valence-corrected chi connectivity index (χ1v) is 8.10. The fourth-order valence-corrected chi connectivity index (χ4v) is 3.16. The topological polar surface area (TPSA) is 85.9 Å². The van der Waals surface area contributed by atoms with Gasteiger partial charge in [0, 0.05) is 25.2 Å². The normalized spacial score (nSPS) is 14.0. The van der Waals surface area contributed by atoms with Crippen LogP contribution in [0.4, 0.5) is 0 Å². The van der Waals surface area contributed by atoms with E-state index in [9.17, 15) is 4.79 Å². The lowest BCUT2D eigenvalue weighted by Gasteiger charge is -2.27. The van der Waals surface area contributed by atoms with Crippen molar-refractivity contribution in [2.24, 2.45) is 0 Å². The monoisotopic (exact) mass is 332 g/mol. The van der Waals surface area contributed by atoms with Crippen molar-refractivity contribution in [3.63, 3.8) is 0 Å². The van der Waals surface area contributed by atoms with Crippen LogP contribution < -0.4 is 5.56 Å². The zero-order valence-electron chi connectivity index (χ0n) is 13.5. The van der Waals surface area contributed by atoms with Crippen molar-refractivity contribution in [2.45, 2.75) is 19.5 Å². The molecule has 0 radical (unpaired) electrons. The Balaban J connectivity index is 1.60. The number of aromatic amines is 1. The summed E-state index contributed by atoms with van der Waals surface area (Å²) in [5.41, 5.74) is 3.18. The van der Waals surface area contributed by atoms with E-state index in [4.69, 9.17) is 9.68 Å². The first-order valence-electron chi connectivity index (χ1n) is 8.10. The van der Waals surface area contributed by atoms with Crippen molar-refractivity contribution in [1.29, 1.82) is 5.26 Å². The zero-order valence-corrected chi connectivity index (χ0v) is 13.5. The molecule has 0 fully saturated rings. The maximum atomic E-state index is 12.3. The number of rotatable bonds is 3. The molecular formula is C19H16N4O2. The maximum absolute atomic E-state index is 12.3. The number of nitrogens with zero attached hydrogens (tertiary/aromatic N) is 3. The number of nitrogens with one attached hydrogen (secondary N) is 1. The minimum Gasteiger partial charge on any atom is -0.461 e. The fourth-order valence-electron chi connectivity index (χ4n) is 3.16. The Bertz CT molecular complexity index is 999. The van der Waals surface area contributed by atoms with Gasteiger partial charge in [0.25, 0.3) is 5.56 Å². The van der Waals surface area contributed by atoms with Crippen LogP contribution in [0.3, 0.4) is 0 Å². The molecule has 1 aliphatic heterocycles. The summed E-state index contributed by atoms with van der Waals surface area (Å²) < 4.78 is 5.34. The highest BCUT2D eigenvalue weighted by Crippen LogP contribution is 2.20. The Morgan fingerprint density at radius 3 is 3.04 bits per heavy atom. The van der Waals surface area contributed by atoms with Crippen LogP contribution in [-0.2, 0) is 19.5 Å². The highest BCUT2D eigenvalue weighted by Gasteiger charge is 2.22. The van der Waals surface area contributed by atoms with E-state index < -0.39 is 0 Å². The third-order valence-corrected chi connectivity index (χ3v) is 4.37. The molecule has 0 saturated carbocycles. The van der Waals surface area contributed by atoms with E-state index in [0.717, 1.165) is 29.9 Å². The summed E-state index contributed by atoms with van der Waals surface area (Å²) in [6.45, 7) is 2.11. The van der Waals surface area contributed by atoms with Crippen molar-refractivity contribution in [1.82, 2.24) is 14.9 Å². The molecule has 0 atom stereocenters. The van der Waals surface area contributed by atoms with Crippen LogP contribution in [0.5, 0.6) is 0 Å². The van der Waals surface area contributed by atoms with E-state index in [1.165, 1.54) is 0 Å². The molecule has 0 amide bonds. The molecule has 3 heterocycles. The molecule has 1 aliphatic rings. The van der Waals surface area contributed by atoms with E-state index >= 15 is 0 Å². The lowest BCUT2D eigenvalue weighted by Crippen LogP contribution is -2.35. The van der Waals surface area contributed by atoms with E-state index in [-0.39, 0.29) is 5.56 Å². The molecule has 25 heavy (non-hydrogen) atoms. The second-order valence-corrected chi connectivity index (χ2v) is 6.09. The molecule has 1 aromatic carbocycles. The predicted octanol–water partition coefficient (Wildman–Crippen LogP) is 2.46. The second kappa shape index (κ2) is 6.38. The highest BCUT2D eigenvalue weighted by atomic mass is 16.3. The van der Waals surface area contributed by atoms with Gasteiger partial charge in [0.2, 0.25) is 0 Å². The third-order valence-electron chi connectivity index (χ3n) is 4.37. The minimum absolute atomic E-state index is 0.0949. The Morgan fingerprint density at radius 2 is 2.24 bits per heavy atom. The Morgan fingerprint density at radius 1 is 1.32 bits per heavy atom. The lowest BCUT2D eigenvalue weighted by molar-refractivity contribution is 0.240. The molecule has 4 rings (SSSR count). The van der Waals surface area contributed by atoms with Gasteiger partial charge >= 0.3 is 0 Å². The van der Waals surface area contributed by atoms with Crippen LogP contribution in [0.15, 0.2) is 51.9 Å². The zero-order chi connectivity index (χ0) is 17.2. The first kappa shape index (κ1) is 15.4. The summed E-state index contributed by atoms with van der Waals surface area (Å²) in [7, 11) is 0. The van der Waals surface area contributed by atoms with E-state index in [1.54, 1.807) is 24.5 Å². The van der Waals surface area contributed by atoms with Crippen LogP contribution in [0.25, 0.3) is 11.6 Å². The van der Waals surface area contributed by atoms with Gasteiger partial charge in [-0.1, -0.05) is 12.1 Å². The number of aromatic nitrogens is 2. The summed E-state index contributed by atoms with van der Waals surface area (Å²) >= 11 is 0. The quantitative estimate of drug-likeness (QED) is 0.796. The molecule has 6 nitrogen and oxygen atoms in total. The average molecular weight is 332 g/mol. The smallest absolute Gasteiger partial charge is 0.254 e. The summed E-state index contributed by atoms with van der Waals surface area (Å²) in [5.74, 6) is 1.01. The van der Waals surface area contributed by atoms with Crippen molar-refractivity contribution >= 4 is 0 Å². The molecule has 124 valence electrons. The molecule has 0 aliphatic carbocycles. The van der Waals surface area contributed by atoms with Crippen LogP contribution in [0.2, 0.25) is 0 Å². The number of nitriles is 1. The SMILES string of the molecule is N#Cc1cccc(CN2CCc3c(nc(-c4ccco4)[nH]c3=O)C2)c1. The van der Waals surface area contributed by atoms with Crippen molar-refractivity contribution in [3.05, 3.63) is 75.4 Å². The highest BCUT2D eigenvalue weighted by molar-refractivity contribution is 5.47. The first-order chi connectivity index (χ1) is 12.2. The second-order valence-electron chi connectivity index (χ2n) is 6.09. The molecule has 0 bridgehead atoms. The largest absolute Gasteiger partial charge is 0.461 e. The number of furan rings is 1. The van der Waals surface area contributed by atoms with Crippen LogP contribution in [-0.4, -0.2) is 21.4 Å². The summed E-state index contributed by atoms with van der Waals surface area (Å²) in [5, 5.41) is 9.03. The van der Waals surface area contributed by atoms with Gasteiger partial charge in [0.05, 0.1) is 23.6 Å². The molecule has 3 aromatic rings. The van der Waals surface area contributed by atoms with Crippen LogP contribution in [0, 0.1) is 11.3 Å². The Kier molecular flexibility index (Phi) is 3.92. The number of hydrogen-bond donors (Lipinski definition) is 1. The van der Waals surface area contributed by atoms with E-state index in [2.05, 4.69) is 20.9 Å². The predicted molar refractivity (Wildman–Crippen MR) is 91.5 cm³/mol. The average Bonchev–Trinajstić information content (AvgIpc) is 3.16. The number of H-pyrrole nitrogens is 1. The molecule has 0 saturated heterocycles. The van der Waals surface area contributed by atoms with E-state index in [0.29, 0.717) is 30.1 Å². The number of benzene rings is 1. The Labute approximate surface area is 144 Å². The van der Waals surface area contributed by atoms with Gasteiger partial charge in [-0.2, -0.15) is 5.26 Å². The summed E-state index contributed by atoms with van der Waals surface area (Å²) in [4.78, 5) is 22.0. The van der Waals surface area contributed by atoms with Gasteiger partial charge < -0.3 is 9.40 Å². The molecule has 0 unspecified atom stereocenters.